The standard InChI is InChI=1S/C16H21ClN4/c1-12(11-21-8-6-18-7-9-21)20-15-4-5-19-16-10-13(17)2-3-14(15)16/h2-5,10,12,18H,6-9,11H2,1H3,(H,19,20). The maximum absolute atomic E-state index is 6.03. The normalized spacial score (nSPS) is 17.8. The lowest BCUT2D eigenvalue weighted by molar-refractivity contribution is 0.235. The van der Waals surface area contributed by atoms with E-state index in [1.165, 1.54) is 0 Å². The molecular formula is C16H21ClN4. The largest absolute Gasteiger partial charge is 0.381 e. The molecule has 1 aromatic carbocycles. The molecule has 1 fully saturated rings. The van der Waals surface area contributed by atoms with Crippen molar-refractivity contribution in [2.75, 3.05) is 38.0 Å². The Labute approximate surface area is 130 Å². The van der Waals surface area contributed by atoms with E-state index < -0.39 is 0 Å². The van der Waals surface area contributed by atoms with Crippen LogP contribution in [0.25, 0.3) is 10.9 Å². The molecule has 0 aliphatic carbocycles. The summed E-state index contributed by atoms with van der Waals surface area (Å²) in [7, 11) is 0. The summed E-state index contributed by atoms with van der Waals surface area (Å²) in [6, 6.07) is 8.28. The summed E-state index contributed by atoms with van der Waals surface area (Å²) in [6.45, 7) is 7.70. The first-order valence-electron chi connectivity index (χ1n) is 7.46. The molecule has 0 bridgehead atoms. The number of hydrogen-bond acceptors (Lipinski definition) is 4. The molecule has 0 amide bonds. The van der Waals surface area contributed by atoms with E-state index in [9.17, 15) is 0 Å². The maximum atomic E-state index is 6.03. The van der Waals surface area contributed by atoms with Gasteiger partial charge < -0.3 is 10.6 Å². The van der Waals surface area contributed by atoms with Gasteiger partial charge in [-0.25, -0.2) is 0 Å². The van der Waals surface area contributed by atoms with Crippen LogP contribution in [0.5, 0.6) is 0 Å². The van der Waals surface area contributed by atoms with Gasteiger partial charge in [0.05, 0.1) is 5.52 Å². The fourth-order valence-corrected chi connectivity index (χ4v) is 3.01. The van der Waals surface area contributed by atoms with Gasteiger partial charge in [0.25, 0.3) is 0 Å². The van der Waals surface area contributed by atoms with Crippen LogP contribution < -0.4 is 10.6 Å². The Kier molecular flexibility index (Phi) is 4.58. The Morgan fingerprint density at radius 3 is 2.95 bits per heavy atom. The summed E-state index contributed by atoms with van der Waals surface area (Å²) in [5.41, 5.74) is 2.06. The van der Waals surface area contributed by atoms with Gasteiger partial charge in [0.1, 0.15) is 0 Å². The molecule has 21 heavy (non-hydrogen) atoms. The van der Waals surface area contributed by atoms with E-state index >= 15 is 0 Å². The molecule has 1 aliphatic heterocycles. The van der Waals surface area contributed by atoms with Crippen molar-refractivity contribution in [3.05, 3.63) is 35.5 Å². The summed E-state index contributed by atoms with van der Waals surface area (Å²) in [5.74, 6) is 0. The lowest BCUT2D eigenvalue weighted by atomic mass is 10.1. The Hall–Kier alpha value is -1.36. The SMILES string of the molecule is CC(CN1CCNCC1)Nc1ccnc2cc(Cl)ccc12. The number of anilines is 1. The number of rotatable bonds is 4. The smallest absolute Gasteiger partial charge is 0.0737 e. The molecule has 5 heteroatoms. The first-order valence-corrected chi connectivity index (χ1v) is 7.84. The first-order chi connectivity index (χ1) is 10.2. The second kappa shape index (κ2) is 6.60. The maximum Gasteiger partial charge on any atom is 0.0737 e. The van der Waals surface area contributed by atoms with Crippen LogP contribution in [0.3, 0.4) is 0 Å². The molecular weight excluding hydrogens is 284 g/mol. The lowest BCUT2D eigenvalue weighted by Crippen LogP contribution is -2.47. The van der Waals surface area contributed by atoms with E-state index in [1.807, 2.05) is 30.5 Å². The molecule has 2 aromatic rings. The number of nitrogens with zero attached hydrogens (tertiary/aromatic N) is 2. The molecule has 2 N–H and O–H groups in total. The molecule has 1 aromatic heterocycles. The molecule has 1 unspecified atom stereocenters. The molecule has 1 saturated heterocycles. The third kappa shape index (κ3) is 3.64. The average molecular weight is 305 g/mol. The summed E-state index contributed by atoms with van der Waals surface area (Å²) in [6.07, 6.45) is 1.83. The van der Waals surface area contributed by atoms with Crippen molar-refractivity contribution in [1.82, 2.24) is 15.2 Å². The highest BCUT2D eigenvalue weighted by atomic mass is 35.5. The monoisotopic (exact) mass is 304 g/mol. The molecule has 1 aliphatic rings. The average Bonchev–Trinajstić information content (AvgIpc) is 2.48. The third-order valence-corrected chi connectivity index (χ3v) is 4.08. The topological polar surface area (TPSA) is 40.2 Å². The van der Waals surface area contributed by atoms with Crippen molar-refractivity contribution >= 4 is 28.2 Å². The number of fused-ring (bicyclic) bond motifs is 1. The van der Waals surface area contributed by atoms with Crippen molar-refractivity contribution in [2.24, 2.45) is 0 Å². The molecule has 112 valence electrons. The Bertz CT molecular complexity index is 610. The number of hydrogen-bond donors (Lipinski definition) is 2. The van der Waals surface area contributed by atoms with Gasteiger partial charge in [-0.2, -0.15) is 0 Å². The second-order valence-corrected chi connectivity index (χ2v) is 6.05. The minimum atomic E-state index is 0.393. The van der Waals surface area contributed by atoms with Gasteiger partial charge in [0.2, 0.25) is 0 Å². The van der Waals surface area contributed by atoms with Crippen molar-refractivity contribution in [3.63, 3.8) is 0 Å². The molecule has 3 rings (SSSR count). The third-order valence-electron chi connectivity index (χ3n) is 3.85. The van der Waals surface area contributed by atoms with Gasteiger partial charge in [-0.15, -0.1) is 0 Å². The molecule has 1 atom stereocenters. The molecule has 0 saturated carbocycles. The van der Waals surface area contributed by atoms with Gasteiger partial charge >= 0.3 is 0 Å². The highest BCUT2D eigenvalue weighted by Gasteiger charge is 2.13. The van der Waals surface area contributed by atoms with Gasteiger partial charge in [0.15, 0.2) is 0 Å². The van der Waals surface area contributed by atoms with Crippen LogP contribution in [0.2, 0.25) is 5.02 Å². The van der Waals surface area contributed by atoms with Crippen LogP contribution >= 0.6 is 11.6 Å². The van der Waals surface area contributed by atoms with Gasteiger partial charge in [-0.05, 0) is 31.2 Å². The van der Waals surface area contributed by atoms with Crippen molar-refractivity contribution in [2.45, 2.75) is 13.0 Å². The molecule has 2 heterocycles. The number of piperazine rings is 1. The zero-order valence-electron chi connectivity index (χ0n) is 12.3. The number of aromatic nitrogens is 1. The fraction of sp³-hybridized carbons (Fsp3) is 0.438. The summed E-state index contributed by atoms with van der Waals surface area (Å²) in [4.78, 5) is 6.88. The number of halogens is 1. The minimum Gasteiger partial charge on any atom is -0.381 e. The van der Waals surface area contributed by atoms with Gasteiger partial charge in [-0.3, -0.25) is 9.88 Å². The summed E-state index contributed by atoms with van der Waals surface area (Å²) >= 11 is 6.03. The summed E-state index contributed by atoms with van der Waals surface area (Å²) < 4.78 is 0. The summed E-state index contributed by atoms with van der Waals surface area (Å²) in [5, 5.41) is 8.83. The molecule has 0 radical (unpaired) electrons. The zero-order chi connectivity index (χ0) is 14.7. The van der Waals surface area contributed by atoms with Crippen molar-refractivity contribution in [3.8, 4) is 0 Å². The van der Waals surface area contributed by atoms with Gasteiger partial charge in [0, 0.05) is 61.1 Å². The highest BCUT2D eigenvalue weighted by molar-refractivity contribution is 6.31. The van der Waals surface area contributed by atoms with E-state index in [0.29, 0.717) is 6.04 Å². The number of benzene rings is 1. The van der Waals surface area contributed by atoms with Crippen LogP contribution in [0.1, 0.15) is 6.92 Å². The van der Waals surface area contributed by atoms with E-state index in [2.05, 4.69) is 27.4 Å². The van der Waals surface area contributed by atoms with Crippen LogP contribution in [0.15, 0.2) is 30.5 Å². The van der Waals surface area contributed by atoms with E-state index in [1.54, 1.807) is 0 Å². The quantitative estimate of drug-likeness (QED) is 0.911. The lowest BCUT2D eigenvalue weighted by Gasteiger charge is -2.30. The Balaban J connectivity index is 1.71. The first kappa shape index (κ1) is 14.6. The Morgan fingerprint density at radius 2 is 2.14 bits per heavy atom. The highest BCUT2D eigenvalue weighted by Crippen LogP contribution is 2.24. The van der Waals surface area contributed by atoms with Gasteiger partial charge in [-0.1, -0.05) is 11.6 Å². The zero-order valence-corrected chi connectivity index (χ0v) is 13.0. The van der Waals surface area contributed by atoms with Crippen LogP contribution in [0.4, 0.5) is 5.69 Å². The van der Waals surface area contributed by atoms with Crippen LogP contribution in [-0.4, -0.2) is 48.6 Å². The fourth-order valence-electron chi connectivity index (χ4n) is 2.84. The van der Waals surface area contributed by atoms with E-state index in [-0.39, 0.29) is 0 Å². The predicted molar refractivity (Wildman–Crippen MR) is 89.1 cm³/mol. The molecule has 0 spiro atoms. The van der Waals surface area contributed by atoms with Crippen molar-refractivity contribution in [1.29, 1.82) is 0 Å². The number of pyridine rings is 1. The van der Waals surface area contributed by atoms with Crippen molar-refractivity contribution < 1.29 is 0 Å². The van der Waals surface area contributed by atoms with Crippen LogP contribution in [0, 0.1) is 0 Å². The van der Waals surface area contributed by atoms with E-state index in [4.69, 9.17) is 11.6 Å². The Morgan fingerprint density at radius 1 is 1.33 bits per heavy atom. The number of nitrogens with one attached hydrogen (secondary N) is 2. The minimum absolute atomic E-state index is 0.393. The van der Waals surface area contributed by atoms with Crippen LogP contribution in [-0.2, 0) is 0 Å². The second-order valence-electron chi connectivity index (χ2n) is 5.62. The molecule has 4 nitrogen and oxygen atoms in total. The predicted octanol–water partition coefficient (Wildman–Crippen LogP) is 2.59. The van der Waals surface area contributed by atoms with E-state index in [0.717, 1.165) is 54.3 Å².